The number of hydrogen-bond acceptors (Lipinski definition) is 3. The minimum absolute atomic E-state index is 0.00745. The van der Waals surface area contributed by atoms with Gasteiger partial charge < -0.3 is 10.2 Å². The van der Waals surface area contributed by atoms with Crippen molar-refractivity contribution in [2.75, 3.05) is 13.1 Å². The maximum absolute atomic E-state index is 12.8. The van der Waals surface area contributed by atoms with E-state index >= 15 is 0 Å². The molecule has 20 heavy (non-hydrogen) atoms. The van der Waals surface area contributed by atoms with Crippen molar-refractivity contribution in [2.45, 2.75) is 50.5 Å². The van der Waals surface area contributed by atoms with E-state index in [2.05, 4.69) is 11.4 Å². The highest BCUT2D eigenvalue weighted by Crippen LogP contribution is 2.74. The van der Waals surface area contributed by atoms with Crippen molar-refractivity contribution < 1.29 is 9.59 Å². The average Bonchev–Trinajstić information content (AvgIpc) is 2.78. The summed E-state index contributed by atoms with van der Waals surface area (Å²) in [5.74, 6) is 0.119. The second-order valence-corrected chi connectivity index (χ2v) is 7.13. The summed E-state index contributed by atoms with van der Waals surface area (Å²) in [6.45, 7) is 1.27. The standard InChI is InChI=1S/C15H19N3O2/c16-9-15(8-13(15)3-1-4-13)12(20)18-7-6-14(10-18)5-2-11(19)17-14/h1-8,10H2,(H,17,19). The topological polar surface area (TPSA) is 73.2 Å². The molecule has 2 saturated carbocycles. The molecule has 2 aliphatic carbocycles. The summed E-state index contributed by atoms with van der Waals surface area (Å²) in [5, 5.41) is 12.6. The van der Waals surface area contributed by atoms with Crippen LogP contribution in [0.1, 0.15) is 44.9 Å². The Hall–Kier alpha value is -1.57. The van der Waals surface area contributed by atoms with Crippen molar-refractivity contribution in [3.05, 3.63) is 0 Å². The number of nitriles is 1. The van der Waals surface area contributed by atoms with E-state index in [1.54, 1.807) is 0 Å². The fourth-order valence-corrected chi connectivity index (χ4v) is 4.57. The molecule has 2 amide bonds. The molecule has 5 nitrogen and oxygen atoms in total. The Labute approximate surface area is 118 Å². The number of carbonyl (C=O) groups excluding carboxylic acids is 2. The van der Waals surface area contributed by atoms with Crippen LogP contribution in [-0.4, -0.2) is 35.3 Å². The highest BCUT2D eigenvalue weighted by atomic mass is 16.2. The third-order valence-electron chi connectivity index (χ3n) is 6.13. The summed E-state index contributed by atoms with van der Waals surface area (Å²) < 4.78 is 0. The van der Waals surface area contributed by atoms with E-state index < -0.39 is 5.41 Å². The molecule has 2 heterocycles. The van der Waals surface area contributed by atoms with Crippen molar-refractivity contribution in [3.63, 3.8) is 0 Å². The van der Waals surface area contributed by atoms with E-state index in [9.17, 15) is 14.9 Å². The number of carbonyl (C=O) groups is 2. The number of rotatable bonds is 1. The number of hydrogen-bond donors (Lipinski definition) is 1. The van der Waals surface area contributed by atoms with Gasteiger partial charge >= 0.3 is 0 Å². The number of amides is 2. The lowest BCUT2D eigenvalue weighted by molar-refractivity contribution is -0.136. The predicted molar refractivity (Wildman–Crippen MR) is 70.3 cm³/mol. The smallest absolute Gasteiger partial charge is 0.243 e. The lowest BCUT2D eigenvalue weighted by Crippen LogP contribution is -2.46. The first-order valence-electron chi connectivity index (χ1n) is 7.57. The van der Waals surface area contributed by atoms with Crippen LogP contribution in [0.15, 0.2) is 0 Å². The number of nitrogens with zero attached hydrogens (tertiary/aromatic N) is 2. The molecule has 2 saturated heterocycles. The van der Waals surface area contributed by atoms with Gasteiger partial charge in [0.1, 0.15) is 5.41 Å². The minimum Gasteiger partial charge on any atom is -0.349 e. The first kappa shape index (κ1) is 12.2. The summed E-state index contributed by atoms with van der Waals surface area (Å²) >= 11 is 0. The highest BCUT2D eigenvalue weighted by Gasteiger charge is 2.75. The SMILES string of the molecule is N#CC1(C(=O)N2CCC3(CCC(=O)N3)C2)CC12CCC2. The van der Waals surface area contributed by atoms with Crippen molar-refractivity contribution >= 4 is 11.8 Å². The van der Waals surface area contributed by atoms with Crippen LogP contribution < -0.4 is 5.32 Å². The van der Waals surface area contributed by atoms with E-state index in [-0.39, 0.29) is 22.8 Å². The van der Waals surface area contributed by atoms with Gasteiger partial charge in [-0.05, 0) is 32.1 Å². The first-order chi connectivity index (χ1) is 9.55. The number of likely N-dealkylation sites (tertiary alicyclic amines) is 1. The van der Waals surface area contributed by atoms with Gasteiger partial charge in [0.2, 0.25) is 11.8 Å². The normalized spacial score (nSPS) is 40.5. The van der Waals surface area contributed by atoms with Crippen LogP contribution in [0.3, 0.4) is 0 Å². The van der Waals surface area contributed by atoms with Crippen LogP contribution in [-0.2, 0) is 9.59 Å². The fourth-order valence-electron chi connectivity index (χ4n) is 4.57. The predicted octanol–water partition coefficient (Wildman–Crippen LogP) is 0.951. The molecule has 5 heteroatoms. The Bertz CT molecular complexity index is 548. The maximum Gasteiger partial charge on any atom is 0.243 e. The Kier molecular flexibility index (Phi) is 2.16. The molecule has 0 aromatic rings. The van der Waals surface area contributed by atoms with Crippen LogP contribution >= 0.6 is 0 Å². The zero-order valence-electron chi connectivity index (χ0n) is 11.6. The molecule has 2 unspecified atom stereocenters. The van der Waals surface area contributed by atoms with Gasteiger partial charge in [0.25, 0.3) is 0 Å². The zero-order chi connectivity index (χ0) is 14.0. The van der Waals surface area contributed by atoms with Gasteiger partial charge in [-0.1, -0.05) is 6.42 Å². The van der Waals surface area contributed by atoms with Gasteiger partial charge in [0.15, 0.2) is 0 Å². The molecule has 4 rings (SSSR count). The monoisotopic (exact) mass is 273 g/mol. The molecular weight excluding hydrogens is 254 g/mol. The Morgan fingerprint density at radius 1 is 1.30 bits per heavy atom. The van der Waals surface area contributed by atoms with Crippen LogP contribution in [0.5, 0.6) is 0 Å². The Balaban J connectivity index is 1.51. The quantitative estimate of drug-likeness (QED) is 0.773. The van der Waals surface area contributed by atoms with E-state index in [1.165, 1.54) is 0 Å². The molecule has 106 valence electrons. The Morgan fingerprint density at radius 2 is 2.10 bits per heavy atom. The van der Waals surface area contributed by atoms with Crippen molar-refractivity contribution in [2.24, 2.45) is 10.8 Å². The van der Waals surface area contributed by atoms with Crippen LogP contribution in [0.4, 0.5) is 0 Å². The summed E-state index contributed by atoms with van der Waals surface area (Å²) in [6.07, 6.45) is 6.18. The van der Waals surface area contributed by atoms with Crippen molar-refractivity contribution in [1.82, 2.24) is 10.2 Å². The van der Waals surface area contributed by atoms with Gasteiger partial charge in [-0.2, -0.15) is 5.26 Å². The molecule has 4 aliphatic rings. The van der Waals surface area contributed by atoms with Crippen LogP contribution in [0.25, 0.3) is 0 Å². The molecule has 0 bridgehead atoms. The second kappa shape index (κ2) is 3.55. The fraction of sp³-hybridized carbons (Fsp3) is 0.800. The van der Waals surface area contributed by atoms with E-state index in [0.29, 0.717) is 19.5 Å². The minimum atomic E-state index is -0.737. The first-order valence-corrected chi connectivity index (χ1v) is 7.57. The van der Waals surface area contributed by atoms with E-state index in [1.807, 2.05) is 4.90 Å². The molecular formula is C15H19N3O2. The van der Waals surface area contributed by atoms with Gasteiger partial charge in [-0.3, -0.25) is 9.59 Å². The molecule has 1 N–H and O–H groups in total. The lowest BCUT2D eigenvalue weighted by atomic mass is 9.75. The average molecular weight is 273 g/mol. The highest BCUT2D eigenvalue weighted by molar-refractivity contribution is 5.91. The largest absolute Gasteiger partial charge is 0.349 e. The lowest BCUT2D eigenvalue weighted by Gasteiger charge is -2.31. The Morgan fingerprint density at radius 3 is 2.60 bits per heavy atom. The summed E-state index contributed by atoms with van der Waals surface area (Å²) in [4.78, 5) is 26.1. The third kappa shape index (κ3) is 1.32. The van der Waals surface area contributed by atoms with Gasteiger partial charge in [-0.15, -0.1) is 0 Å². The molecule has 2 atom stereocenters. The molecule has 0 radical (unpaired) electrons. The molecule has 4 fully saturated rings. The molecule has 2 aliphatic heterocycles. The summed E-state index contributed by atoms with van der Waals surface area (Å²) in [5.41, 5.74) is -0.933. The maximum atomic E-state index is 12.8. The van der Waals surface area contributed by atoms with Gasteiger partial charge in [-0.25, -0.2) is 0 Å². The van der Waals surface area contributed by atoms with Gasteiger partial charge in [0, 0.05) is 24.9 Å². The summed E-state index contributed by atoms with van der Waals surface area (Å²) in [6, 6.07) is 2.33. The third-order valence-corrected chi connectivity index (χ3v) is 6.13. The van der Waals surface area contributed by atoms with Crippen LogP contribution in [0.2, 0.25) is 0 Å². The molecule has 0 aromatic heterocycles. The van der Waals surface area contributed by atoms with Crippen LogP contribution in [0, 0.1) is 22.2 Å². The molecule has 0 aromatic carbocycles. The van der Waals surface area contributed by atoms with Crippen molar-refractivity contribution in [3.8, 4) is 6.07 Å². The zero-order valence-corrected chi connectivity index (χ0v) is 11.6. The molecule has 2 spiro atoms. The van der Waals surface area contributed by atoms with E-state index in [4.69, 9.17) is 0 Å². The summed E-state index contributed by atoms with van der Waals surface area (Å²) in [7, 11) is 0. The number of nitrogens with one attached hydrogen (secondary N) is 1. The van der Waals surface area contributed by atoms with Crippen molar-refractivity contribution in [1.29, 1.82) is 5.26 Å². The second-order valence-electron chi connectivity index (χ2n) is 7.13. The van der Waals surface area contributed by atoms with E-state index in [0.717, 1.165) is 38.5 Å². The van der Waals surface area contributed by atoms with Gasteiger partial charge in [0.05, 0.1) is 11.6 Å².